The average molecular weight is 297 g/mol. The molecular formula is C18H35NO2. The minimum Gasteiger partial charge on any atom is -0.466 e. The first kappa shape index (κ1) is 20.2. The fourth-order valence-electron chi connectivity index (χ4n) is 2.13. The molecule has 0 aliphatic carbocycles. The highest BCUT2D eigenvalue weighted by Gasteiger charge is 2.01. The molecule has 3 nitrogen and oxygen atoms in total. The van der Waals surface area contributed by atoms with Crippen LogP contribution < -0.4 is 5.32 Å². The van der Waals surface area contributed by atoms with Gasteiger partial charge in [0.25, 0.3) is 0 Å². The van der Waals surface area contributed by atoms with Crippen molar-refractivity contribution in [3.05, 3.63) is 12.2 Å². The first-order valence-corrected chi connectivity index (χ1v) is 8.76. The zero-order valence-corrected chi connectivity index (χ0v) is 14.2. The van der Waals surface area contributed by atoms with Crippen molar-refractivity contribution in [3.8, 4) is 0 Å². The quantitative estimate of drug-likeness (QED) is 0.272. The number of nitrogens with one attached hydrogen (secondary N) is 1. The van der Waals surface area contributed by atoms with Gasteiger partial charge in [0.15, 0.2) is 0 Å². The van der Waals surface area contributed by atoms with Crippen molar-refractivity contribution in [1.82, 2.24) is 5.32 Å². The van der Waals surface area contributed by atoms with E-state index in [0.29, 0.717) is 13.0 Å². The molecular weight excluding hydrogens is 262 g/mol. The van der Waals surface area contributed by atoms with Gasteiger partial charge in [-0.15, -0.1) is 0 Å². The van der Waals surface area contributed by atoms with E-state index in [4.69, 9.17) is 4.74 Å². The summed E-state index contributed by atoms with van der Waals surface area (Å²) in [6.07, 6.45) is 17.0. The summed E-state index contributed by atoms with van der Waals surface area (Å²) in [5.41, 5.74) is 0. The molecule has 0 bridgehead atoms. The van der Waals surface area contributed by atoms with E-state index >= 15 is 0 Å². The summed E-state index contributed by atoms with van der Waals surface area (Å²) in [6, 6.07) is 0. The zero-order chi connectivity index (χ0) is 15.6. The number of hydrogen-bond acceptors (Lipinski definition) is 3. The smallest absolute Gasteiger partial charge is 0.305 e. The molecule has 0 aliphatic rings. The van der Waals surface area contributed by atoms with Crippen LogP contribution in [0.5, 0.6) is 0 Å². The minimum absolute atomic E-state index is 0.0371. The Morgan fingerprint density at radius 1 is 0.952 bits per heavy atom. The molecule has 0 fully saturated rings. The third-order valence-corrected chi connectivity index (χ3v) is 3.48. The number of ether oxygens (including phenoxy) is 1. The van der Waals surface area contributed by atoms with E-state index in [9.17, 15) is 4.79 Å². The van der Waals surface area contributed by atoms with Crippen molar-refractivity contribution in [2.75, 3.05) is 20.2 Å². The Hall–Kier alpha value is -0.830. The normalized spacial score (nSPS) is 11.1. The summed E-state index contributed by atoms with van der Waals surface area (Å²) in [5.74, 6) is -0.0371. The highest BCUT2D eigenvalue weighted by Crippen LogP contribution is 2.08. The van der Waals surface area contributed by atoms with Crippen LogP contribution in [0, 0.1) is 0 Å². The topological polar surface area (TPSA) is 38.3 Å². The second-order valence-corrected chi connectivity index (χ2v) is 5.60. The van der Waals surface area contributed by atoms with E-state index in [1.165, 1.54) is 44.9 Å². The van der Waals surface area contributed by atoms with Crippen LogP contribution in [0.15, 0.2) is 12.2 Å². The van der Waals surface area contributed by atoms with Crippen LogP contribution in [0.1, 0.15) is 77.6 Å². The predicted octanol–water partition coefficient (Wildman–Crippen LogP) is 4.62. The molecule has 0 aliphatic heterocycles. The fourth-order valence-corrected chi connectivity index (χ4v) is 2.13. The van der Waals surface area contributed by atoms with Crippen LogP contribution in [0.2, 0.25) is 0 Å². The number of rotatable bonds is 15. The Bertz CT molecular complexity index is 252. The van der Waals surface area contributed by atoms with E-state index in [2.05, 4.69) is 24.4 Å². The first-order chi connectivity index (χ1) is 10.3. The molecule has 0 radical (unpaired) electrons. The molecule has 0 aromatic rings. The van der Waals surface area contributed by atoms with Crippen molar-refractivity contribution in [3.63, 3.8) is 0 Å². The fraction of sp³-hybridized carbons (Fsp3) is 0.833. The maximum Gasteiger partial charge on any atom is 0.305 e. The maximum absolute atomic E-state index is 11.4. The predicted molar refractivity (Wildman–Crippen MR) is 90.5 cm³/mol. The monoisotopic (exact) mass is 297 g/mol. The number of allylic oxidation sites excluding steroid dienone is 2. The van der Waals surface area contributed by atoms with Gasteiger partial charge in [0, 0.05) is 6.42 Å². The third kappa shape index (κ3) is 17.1. The number of carbonyl (C=O) groups is 1. The van der Waals surface area contributed by atoms with Crippen LogP contribution in [-0.4, -0.2) is 26.2 Å². The number of carbonyl (C=O) groups excluding carboxylic acids is 1. The standard InChI is InChI=1S/C18H35NO2/c1-3-4-5-6-7-8-9-10-11-12-13-15-18(20)21-17-14-16-19-2/h6-7,19H,3-5,8-17H2,1-2H3/b7-6+. The van der Waals surface area contributed by atoms with Gasteiger partial charge in [-0.05, 0) is 45.7 Å². The lowest BCUT2D eigenvalue weighted by molar-refractivity contribution is -0.143. The van der Waals surface area contributed by atoms with E-state index in [1.54, 1.807) is 0 Å². The minimum atomic E-state index is -0.0371. The molecule has 0 unspecified atom stereocenters. The summed E-state index contributed by atoms with van der Waals surface area (Å²) < 4.78 is 5.15. The molecule has 0 heterocycles. The van der Waals surface area contributed by atoms with Crippen LogP contribution in [0.3, 0.4) is 0 Å². The highest BCUT2D eigenvalue weighted by molar-refractivity contribution is 5.69. The van der Waals surface area contributed by atoms with E-state index < -0.39 is 0 Å². The van der Waals surface area contributed by atoms with E-state index in [0.717, 1.165) is 25.8 Å². The second kappa shape index (κ2) is 17.2. The van der Waals surface area contributed by atoms with Gasteiger partial charge in [-0.25, -0.2) is 0 Å². The summed E-state index contributed by atoms with van der Waals surface area (Å²) in [6.45, 7) is 3.68. The molecule has 0 saturated heterocycles. The summed E-state index contributed by atoms with van der Waals surface area (Å²) in [4.78, 5) is 11.4. The van der Waals surface area contributed by atoms with Crippen LogP contribution in [0.25, 0.3) is 0 Å². The molecule has 1 N–H and O–H groups in total. The highest BCUT2D eigenvalue weighted by atomic mass is 16.5. The lowest BCUT2D eigenvalue weighted by atomic mass is 10.1. The molecule has 124 valence electrons. The summed E-state index contributed by atoms with van der Waals surface area (Å²) >= 11 is 0. The summed E-state index contributed by atoms with van der Waals surface area (Å²) in [5, 5.41) is 3.04. The van der Waals surface area contributed by atoms with Gasteiger partial charge in [-0.1, -0.05) is 51.2 Å². The Labute approximate surface area is 131 Å². The van der Waals surface area contributed by atoms with E-state index in [-0.39, 0.29) is 5.97 Å². The molecule has 0 atom stereocenters. The maximum atomic E-state index is 11.4. The van der Waals surface area contributed by atoms with Gasteiger partial charge in [0.05, 0.1) is 6.61 Å². The van der Waals surface area contributed by atoms with Gasteiger partial charge in [0.1, 0.15) is 0 Å². The largest absolute Gasteiger partial charge is 0.466 e. The van der Waals surface area contributed by atoms with Crippen molar-refractivity contribution in [2.24, 2.45) is 0 Å². The van der Waals surface area contributed by atoms with Gasteiger partial charge in [0.2, 0.25) is 0 Å². The number of esters is 1. The van der Waals surface area contributed by atoms with Gasteiger partial charge in [-0.2, -0.15) is 0 Å². The molecule has 0 amide bonds. The van der Waals surface area contributed by atoms with Crippen LogP contribution >= 0.6 is 0 Å². The number of hydrogen-bond donors (Lipinski definition) is 1. The molecule has 0 aromatic carbocycles. The van der Waals surface area contributed by atoms with Crippen molar-refractivity contribution in [1.29, 1.82) is 0 Å². The molecule has 21 heavy (non-hydrogen) atoms. The second-order valence-electron chi connectivity index (χ2n) is 5.60. The Kier molecular flexibility index (Phi) is 16.5. The number of unbranched alkanes of at least 4 members (excludes halogenated alkanes) is 7. The molecule has 0 saturated carbocycles. The Balaban J connectivity index is 3.17. The molecule has 0 spiro atoms. The third-order valence-electron chi connectivity index (χ3n) is 3.48. The first-order valence-electron chi connectivity index (χ1n) is 8.76. The van der Waals surface area contributed by atoms with Crippen LogP contribution in [-0.2, 0) is 9.53 Å². The Morgan fingerprint density at radius 2 is 1.62 bits per heavy atom. The van der Waals surface area contributed by atoms with Crippen LogP contribution in [0.4, 0.5) is 0 Å². The van der Waals surface area contributed by atoms with Gasteiger partial charge < -0.3 is 10.1 Å². The average Bonchev–Trinajstić information content (AvgIpc) is 2.49. The summed E-state index contributed by atoms with van der Waals surface area (Å²) in [7, 11) is 1.91. The van der Waals surface area contributed by atoms with Gasteiger partial charge in [-0.3, -0.25) is 4.79 Å². The molecule has 0 rings (SSSR count). The lowest BCUT2D eigenvalue weighted by Crippen LogP contribution is -2.12. The van der Waals surface area contributed by atoms with Crippen molar-refractivity contribution >= 4 is 5.97 Å². The Morgan fingerprint density at radius 3 is 2.33 bits per heavy atom. The molecule has 0 aromatic heterocycles. The van der Waals surface area contributed by atoms with Gasteiger partial charge >= 0.3 is 5.97 Å². The van der Waals surface area contributed by atoms with E-state index in [1.807, 2.05) is 7.05 Å². The SMILES string of the molecule is CCCC/C=C/CCCCCCCC(=O)OCCCNC. The van der Waals surface area contributed by atoms with Crippen molar-refractivity contribution in [2.45, 2.75) is 77.6 Å². The lowest BCUT2D eigenvalue weighted by Gasteiger charge is -2.04. The van der Waals surface area contributed by atoms with Crippen molar-refractivity contribution < 1.29 is 9.53 Å². The zero-order valence-electron chi connectivity index (χ0n) is 14.2. The molecule has 3 heteroatoms.